The fraction of sp³-hybridized carbons (Fsp3) is 0.333. The van der Waals surface area contributed by atoms with Crippen LogP contribution in [-0.2, 0) is 11.4 Å². The van der Waals surface area contributed by atoms with Crippen LogP contribution in [0.25, 0.3) is 10.8 Å². The Hall–Kier alpha value is -2.60. The molecule has 0 saturated carbocycles. The van der Waals surface area contributed by atoms with Crippen molar-refractivity contribution in [1.82, 2.24) is 5.06 Å². The van der Waals surface area contributed by atoms with Gasteiger partial charge in [0.25, 0.3) is 0 Å². The molecule has 0 saturated heterocycles. The van der Waals surface area contributed by atoms with E-state index in [2.05, 4.69) is 42.0 Å². The number of hydroxylamine groups is 2. The molecule has 24 heavy (non-hydrogen) atoms. The van der Waals surface area contributed by atoms with E-state index in [0.717, 1.165) is 5.56 Å². The van der Waals surface area contributed by atoms with Crippen LogP contribution in [0.15, 0.2) is 40.3 Å². The van der Waals surface area contributed by atoms with Gasteiger partial charge >= 0.3 is 0 Å². The van der Waals surface area contributed by atoms with Crippen molar-refractivity contribution in [3.8, 4) is 0 Å². The fourth-order valence-corrected chi connectivity index (χ4v) is 3.01. The third kappa shape index (κ3) is 2.80. The number of aliphatic imine (C=N–C) groups is 2. The molecule has 0 aliphatic carbocycles. The van der Waals surface area contributed by atoms with Gasteiger partial charge in [-0.2, -0.15) is 10.1 Å². The normalized spacial score (nSPS) is 16.9. The Balaban J connectivity index is 1.94. The van der Waals surface area contributed by atoms with Gasteiger partial charge in [0.15, 0.2) is 5.66 Å². The highest BCUT2D eigenvalue weighted by Gasteiger charge is 2.33. The minimum absolute atomic E-state index is 0.162. The summed E-state index contributed by atoms with van der Waals surface area (Å²) >= 11 is 0. The van der Waals surface area contributed by atoms with Crippen LogP contribution in [0.2, 0.25) is 0 Å². The number of nitrogens with zero attached hydrogens (tertiary/aromatic N) is 3. The van der Waals surface area contributed by atoms with Gasteiger partial charge in [0.2, 0.25) is 11.9 Å². The van der Waals surface area contributed by atoms with E-state index in [4.69, 9.17) is 16.3 Å². The molecule has 2 aromatic rings. The maximum atomic E-state index is 6.00. The molecular weight excluding hydrogens is 302 g/mol. The van der Waals surface area contributed by atoms with E-state index in [-0.39, 0.29) is 11.9 Å². The van der Waals surface area contributed by atoms with E-state index in [0.29, 0.717) is 6.61 Å². The van der Waals surface area contributed by atoms with Crippen LogP contribution < -0.4 is 11.5 Å². The van der Waals surface area contributed by atoms with Gasteiger partial charge in [0, 0.05) is 0 Å². The molecule has 2 aromatic carbocycles. The first kappa shape index (κ1) is 16.3. The number of hydrogen-bond donors (Lipinski definition) is 2. The molecular formula is C18H23N5O. The average Bonchev–Trinajstić information content (AvgIpc) is 2.48. The Morgan fingerprint density at radius 2 is 1.88 bits per heavy atom. The van der Waals surface area contributed by atoms with Gasteiger partial charge in [-0.25, -0.2) is 4.99 Å². The van der Waals surface area contributed by atoms with E-state index >= 15 is 0 Å². The molecule has 1 heterocycles. The molecule has 1 aliphatic rings. The number of aryl methyl sites for hydroxylation is 1. The van der Waals surface area contributed by atoms with Crippen LogP contribution in [0, 0.1) is 13.8 Å². The van der Waals surface area contributed by atoms with Gasteiger partial charge in [-0.3, -0.25) is 4.84 Å². The predicted molar refractivity (Wildman–Crippen MR) is 97.4 cm³/mol. The smallest absolute Gasteiger partial charge is 0.226 e. The highest BCUT2D eigenvalue weighted by Crippen LogP contribution is 2.28. The van der Waals surface area contributed by atoms with E-state index in [9.17, 15) is 0 Å². The summed E-state index contributed by atoms with van der Waals surface area (Å²) in [5, 5.41) is 3.88. The first-order chi connectivity index (χ1) is 11.3. The summed E-state index contributed by atoms with van der Waals surface area (Å²) in [4.78, 5) is 14.3. The summed E-state index contributed by atoms with van der Waals surface area (Å²) in [6.07, 6.45) is 0. The maximum Gasteiger partial charge on any atom is 0.226 e. The topological polar surface area (TPSA) is 89.2 Å². The molecule has 4 N–H and O–H groups in total. The van der Waals surface area contributed by atoms with Crippen molar-refractivity contribution < 1.29 is 4.84 Å². The second kappa shape index (κ2) is 5.79. The highest BCUT2D eigenvalue weighted by molar-refractivity contribution is 5.95. The van der Waals surface area contributed by atoms with E-state index < -0.39 is 5.66 Å². The zero-order valence-electron chi connectivity index (χ0n) is 14.5. The molecule has 6 nitrogen and oxygen atoms in total. The molecule has 0 radical (unpaired) electrons. The Bertz CT molecular complexity index is 854. The van der Waals surface area contributed by atoms with Gasteiger partial charge in [-0.15, -0.1) is 0 Å². The van der Waals surface area contributed by atoms with Gasteiger partial charge in [-0.05, 0) is 55.2 Å². The van der Waals surface area contributed by atoms with Crippen molar-refractivity contribution in [3.63, 3.8) is 0 Å². The number of benzene rings is 2. The lowest BCUT2D eigenvalue weighted by atomic mass is 9.96. The van der Waals surface area contributed by atoms with Crippen molar-refractivity contribution in [2.75, 3.05) is 0 Å². The molecule has 6 heteroatoms. The molecule has 0 spiro atoms. The summed E-state index contributed by atoms with van der Waals surface area (Å²) in [6, 6.07) is 10.5. The summed E-state index contributed by atoms with van der Waals surface area (Å²) in [6.45, 7) is 8.35. The lowest BCUT2D eigenvalue weighted by Gasteiger charge is -2.37. The standard InChI is InChI=1S/C18H23N5O/c1-11-9-13-7-5-6-8-14(13)15(12(11)2)10-24-23-17(20)21-16(19)22-18(23,3)4/h5-9H,10H2,1-4H3,(H4,19,20,21,22). The first-order valence-corrected chi connectivity index (χ1v) is 7.90. The minimum Gasteiger partial charge on any atom is -0.368 e. The number of rotatable bonds is 3. The van der Waals surface area contributed by atoms with Gasteiger partial charge < -0.3 is 11.5 Å². The zero-order valence-corrected chi connectivity index (χ0v) is 14.5. The molecule has 126 valence electrons. The van der Waals surface area contributed by atoms with Gasteiger partial charge in [0.05, 0.1) is 0 Å². The van der Waals surface area contributed by atoms with Crippen molar-refractivity contribution in [2.45, 2.75) is 40.0 Å². The summed E-state index contributed by atoms with van der Waals surface area (Å²) < 4.78 is 0. The third-order valence-electron chi connectivity index (χ3n) is 4.36. The molecule has 0 amide bonds. The number of fused-ring (bicyclic) bond motifs is 1. The third-order valence-corrected chi connectivity index (χ3v) is 4.36. The second-order valence-electron chi connectivity index (χ2n) is 6.52. The molecule has 1 aliphatic heterocycles. The Morgan fingerprint density at radius 1 is 1.17 bits per heavy atom. The fourth-order valence-electron chi connectivity index (χ4n) is 3.01. The zero-order chi connectivity index (χ0) is 17.5. The number of guanidine groups is 2. The summed E-state index contributed by atoms with van der Waals surface area (Å²) in [5.74, 6) is 0.372. The Labute approximate surface area is 141 Å². The lowest BCUT2D eigenvalue weighted by Crippen LogP contribution is -2.53. The summed E-state index contributed by atoms with van der Waals surface area (Å²) in [5.41, 5.74) is 14.5. The average molecular weight is 325 g/mol. The van der Waals surface area contributed by atoms with Gasteiger partial charge in [0.1, 0.15) is 6.61 Å². The molecule has 0 fully saturated rings. The largest absolute Gasteiger partial charge is 0.368 e. The quantitative estimate of drug-likeness (QED) is 0.907. The maximum absolute atomic E-state index is 6.00. The van der Waals surface area contributed by atoms with Crippen molar-refractivity contribution in [2.24, 2.45) is 21.5 Å². The van der Waals surface area contributed by atoms with Crippen LogP contribution in [-0.4, -0.2) is 22.6 Å². The van der Waals surface area contributed by atoms with Crippen molar-refractivity contribution in [1.29, 1.82) is 0 Å². The SMILES string of the molecule is Cc1cc2ccccc2c(CON2C(N)=NC(N)=NC2(C)C)c1C. The molecule has 0 bridgehead atoms. The molecule has 3 rings (SSSR count). The van der Waals surface area contributed by atoms with Crippen LogP contribution >= 0.6 is 0 Å². The molecule has 0 aromatic heterocycles. The van der Waals surface area contributed by atoms with Crippen molar-refractivity contribution in [3.05, 3.63) is 47.0 Å². The number of hydrogen-bond acceptors (Lipinski definition) is 6. The first-order valence-electron chi connectivity index (χ1n) is 7.90. The Kier molecular flexibility index (Phi) is 3.93. The lowest BCUT2D eigenvalue weighted by molar-refractivity contribution is -0.166. The minimum atomic E-state index is -0.705. The van der Waals surface area contributed by atoms with E-state index in [1.165, 1.54) is 27.0 Å². The van der Waals surface area contributed by atoms with Crippen LogP contribution in [0.1, 0.15) is 30.5 Å². The van der Waals surface area contributed by atoms with E-state index in [1.807, 2.05) is 26.0 Å². The number of nitrogens with two attached hydrogens (primary N) is 2. The van der Waals surface area contributed by atoms with Crippen LogP contribution in [0.5, 0.6) is 0 Å². The van der Waals surface area contributed by atoms with Crippen LogP contribution in [0.3, 0.4) is 0 Å². The monoisotopic (exact) mass is 325 g/mol. The van der Waals surface area contributed by atoms with E-state index in [1.54, 1.807) is 0 Å². The second-order valence-corrected chi connectivity index (χ2v) is 6.52. The van der Waals surface area contributed by atoms with Gasteiger partial charge in [-0.1, -0.05) is 30.3 Å². The molecule has 0 atom stereocenters. The van der Waals surface area contributed by atoms with Crippen molar-refractivity contribution >= 4 is 22.7 Å². The van der Waals surface area contributed by atoms with Crippen LogP contribution in [0.4, 0.5) is 0 Å². The molecule has 0 unspecified atom stereocenters. The highest BCUT2D eigenvalue weighted by atomic mass is 16.7. The Morgan fingerprint density at radius 3 is 2.58 bits per heavy atom. The predicted octanol–water partition coefficient (Wildman–Crippen LogP) is 2.57. The summed E-state index contributed by atoms with van der Waals surface area (Å²) in [7, 11) is 0.